The highest BCUT2D eigenvalue weighted by molar-refractivity contribution is 5.85. The molecule has 94 valence electrons. The lowest BCUT2D eigenvalue weighted by Gasteiger charge is -2.04. The maximum absolute atomic E-state index is 5.96. The summed E-state index contributed by atoms with van der Waals surface area (Å²) in [6, 6.07) is 9.87. The van der Waals surface area contributed by atoms with Gasteiger partial charge in [0.25, 0.3) is 0 Å². The maximum Gasteiger partial charge on any atom is 0.178 e. The number of nitrogens with two attached hydrogens (primary N) is 1. The van der Waals surface area contributed by atoms with Crippen molar-refractivity contribution in [2.24, 2.45) is 0 Å². The van der Waals surface area contributed by atoms with Gasteiger partial charge in [0.15, 0.2) is 11.6 Å². The zero-order valence-electron chi connectivity index (χ0n) is 10.5. The lowest BCUT2D eigenvalue weighted by molar-refractivity contribution is 1.07. The number of anilines is 1. The number of hydrogen-bond donors (Lipinski definition) is 2. The number of nitrogen functional groups attached to an aromatic ring is 1. The van der Waals surface area contributed by atoms with E-state index in [-0.39, 0.29) is 0 Å². The molecule has 0 fully saturated rings. The van der Waals surface area contributed by atoms with Crippen LogP contribution in [0.4, 0.5) is 5.82 Å². The first-order chi connectivity index (χ1) is 9.25. The van der Waals surface area contributed by atoms with Crippen molar-refractivity contribution in [1.29, 1.82) is 0 Å². The second-order valence-corrected chi connectivity index (χ2v) is 4.30. The van der Waals surface area contributed by atoms with Crippen LogP contribution in [0.15, 0.2) is 42.7 Å². The summed E-state index contributed by atoms with van der Waals surface area (Å²) in [6.07, 6.45) is 3.39. The second-order valence-electron chi connectivity index (χ2n) is 4.30. The van der Waals surface area contributed by atoms with Crippen LogP contribution < -0.4 is 5.73 Å². The molecule has 5 heteroatoms. The van der Waals surface area contributed by atoms with Crippen molar-refractivity contribution >= 4 is 5.82 Å². The van der Waals surface area contributed by atoms with Gasteiger partial charge in [0.05, 0.1) is 5.56 Å². The van der Waals surface area contributed by atoms with Crippen molar-refractivity contribution in [3.63, 3.8) is 0 Å². The Labute approximate surface area is 110 Å². The molecular formula is C14H13N5. The molecule has 0 aliphatic rings. The average molecular weight is 251 g/mol. The van der Waals surface area contributed by atoms with Crippen LogP contribution in [0.5, 0.6) is 0 Å². The topological polar surface area (TPSA) is 80.5 Å². The summed E-state index contributed by atoms with van der Waals surface area (Å²) in [5, 5.41) is 6.98. The fourth-order valence-corrected chi connectivity index (χ4v) is 2.04. The van der Waals surface area contributed by atoms with Crippen LogP contribution in [-0.4, -0.2) is 20.2 Å². The predicted molar refractivity (Wildman–Crippen MR) is 74.2 cm³/mol. The predicted octanol–water partition coefficient (Wildman–Crippen LogP) is 2.42. The monoisotopic (exact) mass is 251 g/mol. The summed E-state index contributed by atoms with van der Waals surface area (Å²) in [4.78, 5) is 8.47. The average Bonchev–Trinajstić information content (AvgIpc) is 2.82. The molecule has 1 aromatic carbocycles. The van der Waals surface area contributed by atoms with Gasteiger partial charge in [0.2, 0.25) is 0 Å². The van der Waals surface area contributed by atoms with Crippen molar-refractivity contribution in [3.8, 4) is 22.6 Å². The summed E-state index contributed by atoms with van der Waals surface area (Å²) in [7, 11) is 0. The molecule has 0 aliphatic heterocycles. The Morgan fingerprint density at radius 1 is 1.11 bits per heavy atom. The van der Waals surface area contributed by atoms with Crippen molar-refractivity contribution in [2.75, 3.05) is 5.73 Å². The van der Waals surface area contributed by atoms with E-state index in [4.69, 9.17) is 5.73 Å². The summed E-state index contributed by atoms with van der Waals surface area (Å²) in [5.74, 6) is 1.04. The Hall–Kier alpha value is -2.69. The Morgan fingerprint density at radius 3 is 2.63 bits per heavy atom. The highest BCUT2D eigenvalue weighted by Gasteiger charge is 2.16. The minimum absolute atomic E-state index is 0.452. The van der Waals surface area contributed by atoms with E-state index in [0.717, 1.165) is 22.4 Å². The molecular weight excluding hydrogens is 238 g/mol. The van der Waals surface area contributed by atoms with Crippen molar-refractivity contribution < 1.29 is 0 Å². The molecule has 2 heterocycles. The van der Waals surface area contributed by atoms with E-state index in [1.54, 1.807) is 18.5 Å². The fourth-order valence-electron chi connectivity index (χ4n) is 2.04. The van der Waals surface area contributed by atoms with E-state index < -0.39 is 0 Å². The molecule has 3 aromatic rings. The first-order valence-electron chi connectivity index (χ1n) is 5.94. The van der Waals surface area contributed by atoms with E-state index in [1.165, 1.54) is 0 Å². The van der Waals surface area contributed by atoms with Crippen LogP contribution in [-0.2, 0) is 0 Å². The number of benzene rings is 1. The van der Waals surface area contributed by atoms with Crippen LogP contribution in [0.2, 0.25) is 0 Å². The Bertz CT molecular complexity index is 703. The third-order valence-corrected chi connectivity index (χ3v) is 2.89. The lowest BCUT2D eigenvalue weighted by atomic mass is 10.0. The highest BCUT2D eigenvalue weighted by atomic mass is 15.2. The Balaban J connectivity index is 2.20. The van der Waals surface area contributed by atoms with Crippen molar-refractivity contribution in [2.45, 2.75) is 6.92 Å². The first kappa shape index (κ1) is 11.4. The largest absolute Gasteiger partial charge is 0.382 e. The molecule has 19 heavy (non-hydrogen) atoms. The van der Waals surface area contributed by atoms with E-state index >= 15 is 0 Å². The highest BCUT2D eigenvalue weighted by Crippen LogP contribution is 2.33. The number of aryl methyl sites for hydroxylation is 1. The van der Waals surface area contributed by atoms with Crippen LogP contribution in [0.1, 0.15) is 5.56 Å². The van der Waals surface area contributed by atoms with Crippen molar-refractivity contribution in [3.05, 3.63) is 48.3 Å². The van der Waals surface area contributed by atoms with Gasteiger partial charge >= 0.3 is 0 Å². The van der Waals surface area contributed by atoms with Gasteiger partial charge in [-0.05, 0) is 18.6 Å². The molecule has 0 unspecified atom stereocenters. The molecule has 0 saturated carbocycles. The summed E-state index contributed by atoms with van der Waals surface area (Å²) < 4.78 is 0. The van der Waals surface area contributed by atoms with E-state index in [1.807, 2.05) is 25.1 Å². The molecule has 0 atom stereocenters. The zero-order valence-corrected chi connectivity index (χ0v) is 10.5. The molecule has 0 aliphatic carbocycles. The van der Waals surface area contributed by atoms with Gasteiger partial charge in [0.1, 0.15) is 5.69 Å². The summed E-state index contributed by atoms with van der Waals surface area (Å²) >= 11 is 0. The third kappa shape index (κ3) is 2.06. The summed E-state index contributed by atoms with van der Waals surface area (Å²) in [6.45, 7) is 2.04. The second kappa shape index (κ2) is 4.53. The van der Waals surface area contributed by atoms with Gasteiger partial charge in [-0.3, -0.25) is 5.10 Å². The van der Waals surface area contributed by atoms with Gasteiger partial charge < -0.3 is 5.73 Å². The number of H-pyrrole nitrogens is 1. The fraction of sp³-hybridized carbons (Fsp3) is 0.0714. The molecule has 0 bridgehead atoms. The van der Waals surface area contributed by atoms with Gasteiger partial charge in [-0.2, -0.15) is 5.10 Å². The molecule has 0 amide bonds. The molecule has 0 spiro atoms. The SMILES string of the molecule is Cc1cccc(-c2c(N)n[nH]c2-c2ncccn2)c1. The Morgan fingerprint density at radius 2 is 1.89 bits per heavy atom. The lowest BCUT2D eigenvalue weighted by Crippen LogP contribution is -1.92. The smallest absolute Gasteiger partial charge is 0.178 e. The van der Waals surface area contributed by atoms with E-state index in [2.05, 4.69) is 26.2 Å². The molecule has 5 nitrogen and oxygen atoms in total. The normalized spacial score (nSPS) is 10.6. The molecule has 3 N–H and O–H groups in total. The maximum atomic E-state index is 5.96. The molecule has 2 aromatic heterocycles. The van der Waals surface area contributed by atoms with Crippen LogP contribution in [0, 0.1) is 6.92 Å². The summed E-state index contributed by atoms with van der Waals surface area (Å²) in [5.41, 5.74) is 9.72. The first-order valence-corrected chi connectivity index (χ1v) is 5.94. The molecule has 0 saturated heterocycles. The Kier molecular flexibility index (Phi) is 2.72. The van der Waals surface area contributed by atoms with E-state index in [9.17, 15) is 0 Å². The molecule has 0 radical (unpaired) electrons. The number of hydrogen-bond acceptors (Lipinski definition) is 4. The number of nitrogens with zero attached hydrogens (tertiary/aromatic N) is 3. The van der Waals surface area contributed by atoms with Gasteiger partial charge in [-0.15, -0.1) is 0 Å². The number of aromatic amines is 1. The standard InChI is InChI=1S/C14H13N5/c1-9-4-2-5-10(8-9)11-12(18-19-13(11)15)14-16-6-3-7-17-14/h2-8H,1H3,(H3,15,18,19). The van der Waals surface area contributed by atoms with Gasteiger partial charge in [0, 0.05) is 12.4 Å². The van der Waals surface area contributed by atoms with Gasteiger partial charge in [-0.1, -0.05) is 29.8 Å². The van der Waals surface area contributed by atoms with Gasteiger partial charge in [-0.25, -0.2) is 9.97 Å². The zero-order chi connectivity index (χ0) is 13.2. The number of aromatic nitrogens is 4. The quantitative estimate of drug-likeness (QED) is 0.733. The van der Waals surface area contributed by atoms with Crippen LogP contribution in [0.25, 0.3) is 22.6 Å². The molecule has 3 rings (SSSR count). The minimum Gasteiger partial charge on any atom is -0.382 e. The van der Waals surface area contributed by atoms with Crippen LogP contribution in [0.3, 0.4) is 0 Å². The van der Waals surface area contributed by atoms with Crippen molar-refractivity contribution in [1.82, 2.24) is 20.2 Å². The minimum atomic E-state index is 0.452. The number of rotatable bonds is 2. The third-order valence-electron chi connectivity index (χ3n) is 2.89. The van der Waals surface area contributed by atoms with Crippen LogP contribution >= 0.6 is 0 Å². The number of nitrogens with one attached hydrogen (secondary N) is 1. The van der Waals surface area contributed by atoms with E-state index in [0.29, 0.717) is 11.6 Å².